The maximum atomic E-state index is 13.4. The van der Waals surface area contributed by atoms with Gasteiger partial charge in [0.2, 0.25) is 0 Å². The minimum absolute atomic E-state index is 0.182. The molecule has 0 aliphatic heterocycles. The SMILES string of the molecule is CC1CCC(NC(=O)c2ccc(Br)c(F)c2)CC1C. The Bertz CT molecular complexity index is 477. The molecule has 4 heteroatoms. The van der Waals surface area contributed by atoms with E-state index in [0.29, 0.717) is 16.0 Å². The third kappa shape index (κ3) is 3.56. The summed E-state index contributed by atoms with van der Waals surface area (Å²) >= 11 is 3.08. The third-order valence-corrected chi connectivity index (χ3v) is 4.76. The number of nitrogens with one attached hydrogen (secondary N) is 1. The van der Waals surface area contributed by atoms with Crippen molar-refractivity contribution in [3.63, 3.8) is 0 Å². The van der Waals surface area contributed by atoms with Gasteiger partial charge in [-0.1, -0.05) is 13.8 Å². The van der Waals surface area contributed by atoms with Crippen molar-refractivity contribution in [2.45, 2.75) is 39.2 Å². The van der Waals surface area contributed by atoms with Crippen molar-refractivity contribution in [1.29, 1.82) is 0 Å². The molecule has 1 aliphatic carbocycles. The monoisotopic (exact) mass is 327 g/mol. The summed E-state index contributed by atoms with van der Waals surface area (Å²) in [5.41, 5.74) is 0.381. The van der Waals surface area contributed by atoms with E-state index in [9.17, 15) is 9.18 Å². The molecule has 1 amide bonds. The topological polar surface area (TPSA) is 29.1 Å². The highest BCUT2D eigenvalue weighted by atomic mass is 79.9. The summed E-state index contributed by atoms with van der Waals surface area (Å²) in [4.78, 5) is 12.1. The highest BCUT2D eigenvalue weighted by Gasteiger charge is 2.25. The van der Waals surface area contributed by atoms with Crippen LogP contribution in [0.1, 0.15) is 43.5 Å². The zero-order valence-electron chi connectivity index (χ0n) is 11.2. The quantitative estimate of drug-likeness (QED) is 0.868. The zero-order chi connectivity index (χ0) is 14.0. The number of rotatable bonds is 2. The Morgan fingerprint density at radius 2 is 2.05 bits per heavy atom. The Balaban J connectivity index is 1.99. The second-order valence-corrected chi connectivity index (χ2v) is 6.42. The molecular weight excluding hydrogens is 309 g/mol. The molecule has 0 spiro atoms. The van der Waals surface area contributed by atoms with Crippen LogP contribution in [0.5, 0.6) is 0 Å². The average Bonchev–Trinajstić information content (AvgIpc) is 2.37. The first kappa shape index (κ1) is 14.5. The van der Waals surface area contributed by atoms with Crippen molar-refractivity contribution in [3.8, 4) is 0 Å². The van der Waals surface area contributed by atoms with Crippen molar-refractivity contribution in [2.75, 3.05) is 0 Å². The van der Waals surface area contributed by atoms with Crippen molar-refractivity contribution in [3.05, 3.63) is 34.1 Å². The fraction of sp³-hybridized carbons (Fsp3) is 0.533. The Kier molecular flexibility index (Phi) is 4.61. The molecule has 104 valence electrons. The van der Waals surface area contributed by atoms with E-state index >= 15 is 0 Å². The first-order valence-electron chi connectivity index (χ1n) is 6.73. The predicted octanol–water partition coefficient (Wildman–Crippen LogP) is 4.14. The normalized spacial score (nSPS) is 27.1. The van der Waals surface area contributed by atoms with Gasteiger partial charge in [-0.2, -0.15) is 0 Å². The van der Waals surface area contributed by atoms with Gasteiger partial charge in [-0.05, 0) is 65.2 Å². The first-order valence-corrected chi connectivity index (χ1v) is 7.52. The second kappa shape index (κ2) is 6.04. The van der Waals surface area contributed by atoms with Gasteiger partial charge < -0.3 is 5.32 Å². The van der Waals surface area contributed by atoms with Crippen LogP contribution in [0.3, 0.4) is 0 Å². The summed E-state index contributed by atoms with van der Waals surface area (Å²) in [5, 5.41) is 3.01. The summed E-state index contributed by atoms with van der Waals surface area (Å²) < 4.78 is 13.8. The highest BCUT2D eigenvalue weighted by molar-refractivity contribution is 9.10. The molecule has 0 aromatic heterocycles. The van der Waals surface area contributed by atoms with Crippen LogP contribution in [0.2, 0.25) is 0 Å². The molecule has 1 N–H and O–H groups in total. The molecule has 1 aliphatic rings. The van der Waals surface area contributed by atoms with E-state index in [1.165, 1.54) is 6.07 Å². The molecular formula is C15H19BrFNO. The van der Waals surface area contributed by atoms with Gasteiger partial charge in [0.1, 0.15) is 5.82 Å². The fourth-order valence-corrected chi connectivity index (χ4v) is 2.83. The Labute approximate surface area is 121 Å². The molecule has 2 nitrogen and oxygen atoms in total. The fourth-order valence-electron chi connectivity index (χ4n) is 2.58. The van der Waals surface area contributed by atoms with Crippen LogP contribution >= 0.6 is 15.9 Å². The molecule has 3 atom stereocenters. The molecule has 1 aromatic carbocycles. The van der Waals surface area contributed by atoms with Crippen LogP contribution in [-0.2, 0) is 0 Å². The molecule has 2 rings (SSSR count). The summed E-state index contributed by atoms with van der Waals surface area (Å²) in [6.45, 7) is 4.48. The highest BCUT2D eigenvalue weighted by Crippen LogP contribution is 2.29. The maximum Gasteiger partial charge on any atom is 0.251 e. The minimum Gasteiger partial charge on any atom is -0.349 e. The van der Waals surface area contributed by atoms with E-state index in [-0.39, 0.29) is 11.9 Å². The standard InChI is InChI=1S/C15H19BrFNO/c1-9-3-5-12(7-10(9)2)18-15(19)11-4-6-13(16)14(17)8-11/h4,6,8-10,12H,3,5,7H2,1-2H3,(H,18,19). The number of hydrogen-bond donors (Lipinski definition) is 1. The van der Waals surface area contributed by atoms with Crippen molar-refractivity contribution in [2.24, 2.45) is 11.8 Å². The number of halogens is 2. The van der Waals surface area contributed by atoms with Gasteiger partial charge in [-0.3, -0.25) is 4.79 Å². The Hall–Kier alpha value is -0.900. The summed E-state index contributed by atoms with van der Waals surface area (Å²) in [5.74, 6) is 0.760. The van der Waals surface area contributed by atoms with Crippen molar-refractivity contribution < 1.29 is 9.18 Å². The van der Waals surface area contributed by atoms with Crippen LogP contribution in [0, 0.1) is 17.7 Å². The Morgan fingerprint density at radius 3 is 2.68 bits per heavy atom. The van der Waals surface area contributed by atoms with Crippen LogP contribution in [0.25, 0.3) is 0 Å². The van der Waals surface area contributed by atoms with E-state index in [2.05, 4.69) is 35.1 Å². The first-order chi connectivity index (χ1) is 8.97. The largest absolute Gasteiger partial charge is 0.349 e. The second-order valence-electron chi connectivity index (χ2n) is 5.57. The number of carbonyl (C=O) groups excluding carboxylic acids is 1. The van der Waals surface area contributed by atoms with Gasteiger partial charge in [-0.15, -0.1) is 0 Å². The average molecular weight is 328 g/mol. The molecule has 0 heterocycles. The minimum atomic E-state index is -0.404. The molecule has 0 radical (unpaired) electrons. The van der Waals surface area contributed by atoms with Gasteiger partial charge in [0, 0.05) is 11.6 Å². The lowest BCUT2D eigenvalue weighted by atomic mass is 9.79. The molecule has 3 unspecified atom stereocenters. The predicted molar refractivity (Wildman–Crippen MR) is 77.5 cm³/mol. The van der Waals surface area contributed by atoms with Crippen LogP contribution in [0.15, 0.2) is 22.7 Å². The summed E-state index contributed by atoms with van der Waals surface area (Å²) in [6, 6.07) is 4.69. The lowest BCUT2D eigenvalue weighted by Crippen LogP contribution is -2.39. The van der Waals surface area contributed by atoms with Gasteiger partial charge in [0.05, 0.1) is 4.47 Å². The lowest BCUT2D eigenvalue weighted by Gasteiger charge is -2.32. The van der Waals surface area contributed by atoms with Crippen molar-refractivity contribution >= 4 is 21.8 Å². The Morgan fingerprint density at radius 1 is 1.32 bits per heavy atom. The van der Waals surface area contributed by atoms with E-state index in [0.717, 1.165) is 25.2 Å². The van der Waals surface area contributed by atoms with Gasteiger partial charge in [-0.25, -0.2) is 4.39 Å². The molecule has 1 saturated carbocycles. The molecule has 1 fully saturated rings. The number of carbonyl (C=O) groups is 1. The third-order valence-electron chi connectivity index (χ3n) is 4.12. The van der Waals surface area contributed by atoms with E-state index < -0.39 is 5.82 Å². The zero-order valence-corrected chi connectivity index (χ0v) is 12.8. The number of hydrogen-bond acceptors (Lipinski definition) is 1. The maximum absolute atomic E-state index is 13.4. The molecule has 0 saturated heterocycles. The summed E-state index contributed by atoms with van der Waals surface area (Å²) in [7, 11) is 0. The van der Waals surface area contributed by atoms with Gasteiger partial charge in [0.25, 0.3) is 5.91 Å². The molecule has 1 aromatic rings. The van der Waals surface area contributed by atoms with E-state index in [4.69, 9.17) is 0 Å². The van der Waals surface area contributed by atoms with Crippen molar-refractivity contribution in [1.82, 2.24) is 5.32 Å². The molecule has 0 bridgehead atoms. The smallest absolute Gasteiger partial charge is 0.251 e. The van der Waals surface area contributed by atoms with E-state index in [1.807, 2.05) is 0 Å². The lowest BCUT2D eigenvalue weighted by molar-refractivity contribution is 0.0910. The summed E-state index contributed by atoms with van der Waals surface area (Å²) in [6.07, 6.45) is 3.16. The van der Waals surface area contributed by atoms with E-state index in [1.54, 1.807) is 12.1 Å². The van der Waals surface area contributed by atoms with Crippen LogP contribution < -0.4 is 5.32 Å². The van der Waals surface area contributed by atoms with Gasteiger partial charge in [0.15, 0.2) is 0 Å². The van der Waals surface area contributed by atoms with Gasteiger partial charge >= 0.3 is 0 Å². The molecule has 19 heavy (non-hydrogen) atoms. The number of amides is 1. The number of benzene rings is 1. The van der Waals surface area contributed by atoms with Crippen LogP contribution in [-0.4, -0.2) is 11.9 Å². The van der Waals surface area contributed by atoms with Crippen LogP contribution in [0.4, 0.5) is 4.39 Å².